The normalized spacial score (nSPS) is 17.8. The molecule has 1 unspecified atom stereocenters. The summed E-state index contributed by atoms with van der Waals surface area (Å²) in [5.74, 6) is 0.273. The van der Waals surface area contributed by atoms with Crippen molar-refractivity contribution in [2.24, 2.45) is 0 Å². The largest absolute Gasteiger partial charge is 0.369 e. The van der Waals surface area contributed by atoms with Crippen LogP contribution in [0.4, 0.5) is 16.0 Å². The number of aromatic nitrogens is 2. The number of anilines is 2. The van der Waals surface area contributed by atoms with Crippen molar-refractivity contribution in [3.8, 4) is 0 Å². The lowest BCUT2D eigenvalue weighted by molar-refractivity contribution is 0.628. The summed E-state index contributed by atoms with van der Waals surface area (Å²) in [6, 6.07) is 5.11. The summed E-state index contributed by atoms with van der Waals surface area (Å²) in [6.07, 6.45) is 2.81. The second kappa shape index (κ2) is 6.08. The third-order valence-corrected chi connectivity index (χ3v) is 4.30. The van der Waals surface area contributed by atoms with Gasteiger partial charge >= 0.3 is 0 Å². The van der Waals surface area contributed by atoms with Gasteiger partial charge < -0.3 is 10.2 Å². The van der Waals surface area contributed by atoms with Crippen LogP contribution in [-0.4, -0.2) is 29.1 Å². The maximum Gasteiger partial charge on any atom is 0.223 e. The van der Waals surface area contributed by atoms with Gasteiger partial charge in [-0.15, -0.1) is 0 Å². The molecule has 1 atom stereocenters. The Bertz CT molecular complexity index is 692. The van der Waals surface area contributed by atoms with Crippen molar-refractivity contribution in [2.75, 3.05) is 23.3 Å². The summed E-state index contributed by atoms with van der Waals surface area (Å²) in [4.78, 5) is 10.9. The molecule has 2 heterocycles. The highest BCUT2D eigenvalue weighted by atomic mass is 35.5. The fraction of sp³-hybridized carbons (Fsp3) is 0.375. The van der Waals surface area contributed by atoms with Crippen molar-refractivity contribution in [1.29, 1.82) is 0 Å². The maximum absolute atomic E-state index is 13.2. The van der Waals surface area contributed by atoms with Gasteiger partial charge in [-0.1, -0.05) is 11.6 Å². The van der Waals surface area contributed by atoms with Crippen molar-refractivity contribution >= 4 is 23.2 Å². The molecule has 1 N–H and O–H groups in total. The van der Waals surface area contributed by atoms with Gasteiger partial charge in [0.15, 0.2) is 0 Å². The third-order valence-electron chi connectivity index (χ3n) is 4.01. The number of aryl methyl sites for hydroxylation is 2. The van der Waals surface area contributed by atoms with Gasteiger partial charge in [0.2, 0.25) is 5.95 Å². The Morgan fingerprint density at radius 1 is 1.36 bits per heavy atom. The zero-order valence-electron chi connectivity index (χ0n) is 12.6. The Labute approximate surface area is 134 Å². The van der Waals surface area contributed by atoms with E-state index in [0.717, 1.165) is 36.5 Å². The average Bonchev–Trinajstić information content (AvgIpc) is 2.94. The molecule has 0 aliphatic carbocycles. The number of nitrogens with one attached hydrogen (secondary N) is 1. The summed E-state index contributed by atoms with van der Waals surface area (Å²) in [5, 5.41) is 3.52. The van der Waals surface area contributed by atoms with Crippen LogP contribution in [0.25, 0.3) is 0 Å². The molecule has 0 amide bonds. The molecule has 2 aromatic rings. The summed E-state index contributed by atoms with van der Waals surface area (Å²) >= 11 is 5.85. The van der Waals surface area contributed by atoms with E-state index in [1.54, 1.807) is 12.1 Å². The third kappa shape index (κ3) is 3.14. The molecule has 1 aromatic carbocycles. The monoisotopic (exact) mass is 320 g/mol. The fourth-order valence-corrected chi connectivity index (χ4v) is 2.75. The van der Waals surface area contributed by atoms with Crippen molar-refractivity contribution in [3.05, 3.63) is 46.5 Å². The van der Waals surface area contributed by atoms with E-state index in [-0.39, 0.29) is 16.9 Å². The average molecular weight is 321 g/mol. The van der Waals surface area contributed by atoms with Gasteiger partial charge in [0.05, 0.1) is 5.02 Å². The topological polar surface area (TPSA) is 41.1 Å². The van der Waals surface area contributed by atoms with Crippen molar-refractivity contribution in [3.63, 3.8) is 0 Å². The van der Waals surface area contributed by atoms with Crippen molar-refractivity contribution in [1.82, 2.24) is 9.97 Å². The Kier molecular flexibility index (Phi) is 4.16. The van der Waals surface area contributed by atoms with Crippen LogP contribution in [0.5, 0.6) is 0 Å². The first-order valence-electron chi connectivity index (χ1n) is 7.29. The van der Waals surface area contributed by atoms with Crippen LogP contribution in [0.2, 0.25) is 5.02 Å². The van der Waals surface area contributed by atoms with Gasteiger partial charge in [0.25, 0.3) is 0 Å². The summed E-state index contributed by atoms with van der Waals surface area (Å²) in [5.41, 5.74) is 3.01. The first-order valence-corrected chi connectivity index (χ1v) is 7.67. The Balaban J connectivity index is 1.66. The first-order chi connectivity index (χ1) is 10.5. The van der Waals surface area contributed by atoms with Crippen molar-refractivity contribution in [2.45, 2.75) is 26.3 Å². The molecule has 0 saturated carbocycles. The summed E-state index contributed by atoms with van der Waals surface area (Å²) in [6.45, 7) is 5.68. The lowest BCUT2D eigenvalue weighted by Gasteiger charge is -2.19. The fourth-order valence-electron chi connectivity index (χ4n) is 2.57. The predicted molar refractivity (Wildman–Crippen MR) is 87.2 cm³/mol. The minimum absolute atomic E-state index is 0.159. The molecule has 1 saturated heterocycles. The van der Waals surface area contributed by atoms with Crippen molar-refractivity contribution < 1.29 is 4.39 Å². The number of hydrogen-bond acceptors (Lipinski definition) is 4. The van der Waals surface area contributed by atoms with Gasteiger partial charge in [0.1, 0.15) is 5.82 Å². The zero-order chi connectivity index (χ0) is 15.7. The van der Waals surface area contributed by atoms with E-state index in [4.69, 9.17) is 11.6 Å². The molecule has 116 valence electrons. The summed E-state index contributed by atoms with van der Waals surface area (Å²) in [7, 11) is 0. The van der Waals surface area contributed by atoms with Crippen LogP contribution in [0, 0.1) is 19.7 Å². The number of halogens is 2. The van der Waals surface area contributed by atoms with E-state index in [9.17, 15) is 4.39 Å². The van der Waals surface area contributed by atoms with Gasteiger partial charge in [-0.25, -0.2) is 14.4 Å². The Morgan fingerprint density at radius 2 is 2.18 bits per heavy atom. The molecule has 6 heteroatoms. The minimum atomic E-state index is -0.386. The van der Waals surface area contributed by atoms with Gasteiger partial charge in [0, 0.05) is 36.7 Å². The van der Waals surface area contributed by atoms with Crippen LogP contribution < -0.4 is 10.2 Å². The van der Waals surface area contributed by atoms with E-state index in [1.807, 2.05) is 20.0 Å². The van der Waals surface area contributed by atoms with Crippen LogP contribution in [0.3, 0.4) is 0 Å². The second-order valence-electron chi connectivity index (χ2n) is 5.64. The van der Waals surface area contributed by atoms with E-state index >= 15 is 0 Å². The lowest BCUT2D eigenvalue weighted by Crippen LogP contribution is -2.26. The molecule has 3 rings (SSSR count). The minimum Gasteiger partial charge on any atom is -0.369 e. The lowest BCUT2D eigenvalue weighted by atomic mass is 10.2. The molecule has 0 radical (unpaired) electrons. The van der Waals surface area contributed by atoms with Crippen LogP contribution >= 0.6 is 11.6 Å². The Morgan fingerprint density at radius 3 is 2.91 bits per heavy atom. The molecule has 1 aliphatic heterocycles. The van der Waals surface area contributed by atoms with Crippen LogP contribution in [0.15, 0.2) is 24.4 Å². The highest BCUT2D eigenvalue weighted by Crippen LogP contribution is 2.26. The molecule has 1 aliphatic rings. The van der Waals surface area contributed by atoms with Gasteiger partial charge in [-0.05, 0) is 44.0 Å². The quantitative estimate of drug-likeness (QED) is 0.938. The van der Waals surface area contributed by atoms with Crippen LogP contribution in [-0.2, 0) is 0 Å². The molecule has 1 aromatic heterocycles. The summed E-state index contributed by atoms with van der Waals surface area (Å²) < 4.78 is 13.2. The molecular formula is C16H18ClFN4. The first kappa shape index (κ1) is 15.0. The highest BCUT2D eigenvalue weighted by Gasteiger charge is 2.23. The number of nitrogens with zero attached hydrogens (tertiary/aromatic N) is 3. The predicted octanol–water partition coefficient (Wildman–Crippen LogP) is 3.58. The molecular weight excluding hydrogens is 303 g/mol. The standard InChI is InChI=1S/C16H18ClFN4/c1-10-8-19-16(20-11(10)2)21-12-5-6-22(9-12)13-3-4-15(18)14(17)7-13/h3-4,7-8,12H,5-6,9H2,1-2H3,(H,19,20,21). The smallest absolute Gasteiger partial charge is 0.223 e. The zero-order valence-corrected chi connectivity index (χ0v) is 13.4. The number of rotatable bonds is 3. The SMILES string of the molecule is Cc1cnc(NC2CCN(c3ccc(F)c(Cl)c3)C2)nc1C. The van der Waals surface area contributed by atoms with Crippen LogP contribution in [0.1, 0.15) is 17.7 Å². The second-order valence-corrected chi connectivity index (χ2v) is 6.04. The van der Waals surface area contributed by atoms with E-state index in [2.05, 4.69) is 20.2 Å². The highest BCUT2D eigenvalue weighted by molar-refractivity contribution is 6.31. The Hall–Kier alpha value is -1.88. The maximum atomic E-state index is 13.2. The van der Waals surface area contributed by atoms with E-state index in [1.165, 1.54) is 6.07 Å². The number of hydrogen-bond donors (Lipinski definition) is 1. The molecule has 0 spiro atoms. The van der Waals surface area contributed by atoms with Gasteiger partial charge in [-0.3, -0.25) is 0 Å². The number of benzene rings is 1. The van der Waals surface area contributed by atoms with E-state index < -0.39 is 0 Å². The van der Waals surface area contributed by atoms with Gasteiger partial charge in [-0.2, -0.15) is 0 Å². The molecule has 22 heavy (non-hydrogen) atoms. The molecule has 0 bridgehead atoms. The molecule has 1 fully saturated rings. The molecule has 4 nitrogen and oxygen atoms in total. The van der Waals surface area contributed by atoms with E-state index in [0.29, 0.717) is 5.95 Å².